The number of carbonyl (C=O) groups excluding carboxylic acids is 1. The van der Waals surface area contributed by atoms with Gasteiger partial charge in [0.15, 0.2) is 11.6 Å². The SMILES string of the molecule is COc1cc(NC(=O)CC(C)C)cnc1N. The number of aromatic nitrogens is 1. The molecular weight excluding hydrogens is 206 g/mol. The van der Waals surface area contributed by atoms with Gasteiger partial charge in [0.25, 0.3) is 0 Å². The Hall–Kier alpha value is -1.78. The highest BCUT2D eigenvalue weighted by Crippen LogP contribution is 2.22. The first-order chi connectivity index (χ1) is 7.52. The van der Waals surface area contributed by atoms with E-state index in [1.54, 1.807) is 6.07 Å². The Balaban J connectivity index is 2.71. The third-order valence-electron chi connectivity index (χ3n) is 1.98. The average Bonchev–Trinajstić information content (AvgIpc) is 2.19. The number of pyridine rings is 1. The number of ether oxygens (including phenoxy) is 1. The third kappa shape index (κ3) is 3.42. The molecule has 0 atom stereocenters. The van der Waals surface area contributed by atoms with Gasteiger partial charge >= 0.3 is 0 Å². The van der Waals surface area contributed by atoms with Crippen LogP contribution in [0.1, 0.15) is 20.3 Å². The summed E-state index contributed by atoms with van der Waals surface area (Å²) in [7, 11) is 1.51. The maximum absolute atomic E-state index is 11.5. The molecule has 0 unspecified atom stereocenters. The van der Waals surface area contributed by atoms with Gasteiger partial charge in [0.05, 0.1) is 19.0 Å². The lowest BCUT2D eigenvalue weighted by atomic mass is 10.1. The van der Waals surface area contributed by atoms with Gasteiger partial charge in [-0.2, -0.15) is 0 Å². The standard InChI is InChI=1S/C11H17N3O2/c1-7(2)4-10(15)14-8-5-9(16-3)11(12)13-6-8/h5-7H,4H2,1-3H3,(H2,12,13)(H,14,15). The van der Waals surface area contributed by atoms with E-state index in [-0.39, 0.29) is 5.91 Å². The lowest BCUT2D eigenvalue weighted by molar-refractivity contribution is -0.116. The van der Waals surface area contributed by atoms with Gasteiger partial charge in [-0.1, -0.05) is 13.8 Å². The summed E-state index contributed by atoms with van der Waals surface area (Å²) in [6.07, 6.45) is 1.99. The van der Waals surface area contributed by atoms with Crippen LogP contribution in [0.4, 0.5) is 11.5 Å². The monoisotopic (exact) mass is 223 g/mol. The summed E-state index contributed by atoms with van der Waals surface area (Å²) in [6, 6.07) is 1.65. The Kier molecular flexibility index (Phi) is 4.10. The van der Waals surface area contributed by atoms with Crippen LogP contribution < -0.4 is 15.8 Å². The molecule has 1 amide bonds. The molecule has 0 fully saturated rings. The Labute approximate surface area is 95.0 Å². The lowest BCUT2D eigenvalue weighted by Crippen LogP contribution is -2.14. The summed E-state index contributed by atoms with van der Waals surface area (Å²) in [4.78, 5) is 15.4. The van der Waals surface area contributed by atoms with Crippen molar-refractivity contribution in [1.82, 2.24) is 4.98 Å². The molecule has 0 aromatic carbocycles. The second-order valence-electron chi connectivity index (χ2n) is 3.96. The van der Waals surface area contributed by atoms with Crippen LogP contribution in [0, 0.1) is 5.92 Å². The van der Waals surface area contributed by atoms with Crippen molar-refractivity contribution in [3.63, 3.8) is 0 Å². The Morgan fingerprint density at radius 1 is 1.62 bits per heavy atom. The van der Waals surface area contributed by atoms with Crippen molar-refractivity contribution in [2.75, 3.05) is 18.2 Å². The highest BCUT2D eigenvalue weighted by molar-refractivity contribution is 5.91. The number of rotatable bonds is 4. The Bertz CT molecular complexity index is 377. The molecule has 88 valence electrons. The number of hydrogen-bond acceptors (Lipinski definition) is 4. The van der Waals surface area contributed by atoms with E-state index in [4.69, 9.17) is 10.5 Å². The molecular formula is C11H17N3O2. The van der Waals surface area contributed by atoms with E-state index in [1.807, 2.05) is 13.8 Å². The molecule has 0 spiro atoms. The van der Waals surface area contributed by atoms with Gasteiger partial charge in [-0.25, -0.2) is 4.98 Å². The van der Waals surface area contributed by atoms with E-state index in [9.17, 15) is 4.79 Å². The molecule has 1 aromatic rings. The third-order valence-corrected chi connectivity index (χ3v) is 1.98. The van der Waals surface area contributed by atoms with Crippen LogP contribution in [0.15, 0.2) is 12.3 Å². The molecule has 1 aromatic heterocycles. The zero-order chi connectivity index (χ0) is 12.1. The second-order valence-corrected chi connectivity index (χ2v) is 3.96. The zero-order valence-corrected chi connectivity index (χ0v) is 9.78. The molecule has 0 aliphatic heterocycles. The van der Waals surface area contributed by atoms with E-state index >= 15 is 0 Å². The van der Waals surface area contributed by atoms with Crippen LogP contribution in [0.25, 0.3) is 0 Å². The maximum atomic E-state index is 11.5. The summed E-state index contributed by atoms with van der Waals surface area (Å²) >= 11 is 0. The number of methoxy groups -OCH3 is 1. The van der Waals surface area contributed by atoms with Crippen molar-refractivity contribution in [3.8, 4) is 5.75 Å². The van der Waals surface area contributed by atoms with Crippen LogP contribution in [0.5, 0.6) is 5.75 Å². The topological polar surface area (TPSA) is 77.2 Å². The van der Waals surface area contributed by atoms with Crippen LogP contribution in [-0.2, 0) is 4.79 Å². The van der Waals surface area contributed by atoms with Crippen molar-refractivity contribution in [2.45, 2.75) is 20.3 Å². The zero-order valence-electron chi connectivity index (χ0n) is 9.78. The normalized spacial score (nSPS) is 10.2. The second kappa shape index (κ2) is 5.34. The number of amides is 1. The first kappa shape index (κ1) is 12.3. The highest BCUT2D eigenvalue weighted by atomic mass is 16.5. The van der Waals surface area contributed by atoms with Crippen molar-refractivity contribution in [1.29, 1.82) is 0 Å². The molecule has 5 nitrogen and oxygen atoms in total. The van der Waals surface area contributed by atoms with Gasteiger partial charge in [-0.3, -0.25) is 4.79 Å². The molecule has 0 radical (unpaired) electrons. The molecule has 5 heteroatoms. The molecule has 0 saturated carbocycles. The minimum atomic E-state index is -0.0383. The van der Waals surface area contributed by atoms with E-state index < -0.39 is 0 Å². The van der Waals surface area contributed by atoms with Crippen LogP contribution in [0.2, 0.25) is 0 Å². The molecule has 3 N–H and O–H groups in total. The fraction of sp³-hybridized carbons (Fsp3) is 0.455. The van der Waals surface area contributed by atoms with Gasteiger partial charge in [0.2, 0.25) is 5.91 Å². The summed E-state index contributed by atoms with van der Waals surface area (Å²) in [5.41, 5.74) is 6.16. The van der Waals surface area contributed by atoms with Crippen molar-refractivity contribution >= 4 is 17.4 Å². The largest absolute Gasteiger partial charge is 0.493 e. The predicted octanol–water partition coefficient (Wildman–Crippen LogP) is 1.66. The molecule has 0 aliphatic rings. The number of carbonyl (C=O) groups is 1. The van der Waals surface area contributed by atoms with E-state index in [1.165, 1.54) is 13.3 Å². The van der Waals surface area contributed by atoms with Crippen molar-refractivity contribution in [3.05, 3.63) is 12.3 Å². The summed E-state index contributed by atoms with van der Waals surface area (Å²) in [6.45, 7) is 3.97. The molecule has 1 heterocycles. The van der Waals surface area contributed by atoms with Crippen molar-refractivity contribution in [2.24, 2.45) is 5.92 Å². The van der Waals surface area contributed by atoms with Gasteiger partial charge in [-0.05, 0) is 5.92 Å². The number of nitrogens with two attached hydrogens (primary N) is 1. The average molecular weight is 223 g/mol. The maximum Gasteiger partial charge on any atom is 0.224 e. The van der Waals surface area contributed by atoms with Crippen molar-refractivity contribution < 1.29 is 9.53 Å². The van der Waals surface area contributed by atoms with Gasteiger partial charge in [-0.15, -0.1) is 0 Å². The van der Waals surface area contributed by atoms with Crippen LogP contribution in [-0.4, -0.2) is 18.0 Å². The van der Waals surface area contributed by atoms with Gasteiger partial charge in [0.1, 0.15) is 0 Å². The number of nitrogens with one attached hydrogen (secondary N) is 1. The molecule has 1 rings (SSSR count). The fourth-order valence-corrected chi connectivity index (χ4v) is 1.27. The Morgan fingerprint density at radius 3 is 2.88 bits per heavy atom. The van der Waals surface area contributed by atoms with Crippen LogP contribution in [0.3, 0.4) is 0 Å². The quantitative estimate of drug-likeness (QED) is 0.813. The van der Waals surface area contributed by atoms with E-state index in [2.05, 4.69) is 10.3 Å². The fourth-order valence-electron chi connectivity index (χ4n) is 1.27. The molecule has 16 heavy (non-hydrogen) atoms. The first-order valence-corrected chi connectivity index (χ1v) is 5.12. The summed E-state index contributed by atoms with van der Waals surface area (Å²) < 4.78 is 5.01. The first-order valence-electron chi connectivity index (χ1n) is 5.12. The van der Waals surface area contributed by atoms with Gasteiger partial charge < -0.3 is 15.8 Å². The van der Waals surface area contributed by atoms with Crippen LogP contribution >= 0.6 is 0 Å². The molecule has 0 saturated heterocycles. The number of nitrogens with zero attached hydrogens (tertiary/aromatic N) is 1. The van der Waals surface area contributed by atoms with E-state index in [0.29, 0.717) is 29.6 Å². The minimum Gasteiger partial charge on any atom is -0.493 e. The summed E-state index contributed by atoms with van der Waals surface area (Å²) in [5, 5.41) is 2.74. The Morgan fingerprint density at radius 2 is 2.31 bits per heavy atom. The predicted molar refractivity (Wildman–Crippen MR) is 63.3 cm³/mol. The lowest BCUT2D eigenvalue weighted by Gasteiger charge is -2.09. The molecule has 0 bridgehead atoms. The smallest absolute Gasteiger partial charge is 0.224 e. The van der Waals surface area contributed by atoms with E-state index in [0.717, 1.165) is 0 Å². The number of anilines is 2. The highest BCUT2D eigenvalue weighted by Gasteiger charge is 2.07. The molecule has 0 aliphatic carbocycles. The number of hydrogen-bond donors (Lipinski definition) is 2. The van der Waals surface area contributed by atoms with Gasteiger partial charge in [0, 0.05) is 12.5 Å². The minimum absolute atomic E-state index is 0.0383. The number of nitrogen functional groups attached to an aromatic ring is 1. The summed E-state index contributed by atoms with van der Waals surface area (Å²) in [5.74, 6) is 1.05.